The fraction of sp³-hybridized carbons (Fsp3) is 0.444. The second kappa shape index (κ2) is 12.1. The smallest absolute Gasteiger partial charge is 0.339 e. The van der Waals surface area contributed by atoms with Crippen molar-refractivity contribution in [1.82, 2.24) is 30.0 Å². The number of nitrogens with zero attached hydrogens (tertiary/aromatic N) is 4. The van der Waals surface area contributed by atoms with Gasteiger partial charge in [0.25, 0.3) is 11.8 Å². The molecule has 1 saturated carbocycles. The summed E-state index contributed by atoms with van der Waals surface area (Å²) in [5.41, 5.74) is 5.90. The van der Waals surface area contributed by atoms with Gasteiger partial charge in [0.15, 0.2) is 11.5 Å². The molecule has 0 radical (unpaired) electrons. The Bertz CT molecular complexity index is 1480. The number of rotatable bonds is 9. The summed E-state index contributed by atoms with van der Waals surface area (Å²) >= 11 is 6.39. The number of aromatic nitrogens is 4. The Morgan fingerprint density at radius 1 is 1.12 bits per heavy atom. The Morgan fingerprint density at radius 3 is 2.48 bits per heavy atom. The van der Waals surface area contributed by atoms with Crippen LogP contribution >= 0.6 is 11.6 Å². The molecule has 11 nitrogen and oxygen atoms in total. The first-order valence-corrected chi connectivity index (χ1v) is 14.0. The highest BCUT2D eigenvalue weighted by Crippen LogP contribution is 2.44. The molecule has 0 spiro atoms. The number of nitrogens with two attached hydrogens (primary N) is 1. The fourth-order valence-corrected chi connectivity index (χ4v) is 5.22. The van der Waals surface area contributed by atoms with E-state index in [4.69, 9.17) is 17.3 Å². The van der Waals surface area contributed by atoms with Gasteiger partial charge >= 0.3 is 6.18 Å². The van der Waals surface area contributed by atoms with Crippen molar-refractivity contribution in [3.05, 3.63) is 63.5 Å². The van der Waals surface area contributed by atoms with Crippen LogP contribution in [0.25, 0.3) is 0 Å². The number of alkyl halides is 3. The first kappa shape index (κ1) is 29.6. The van der Waals surface area contributed by atoms with Crippen LogP contribution in [-0.2, 0) is 17.4 Å². The molecule has 3 heterocycles. The molecule has 0 atom stereocenters. The van der Waals surface area contributed by atoms with Crippen LogP contribution in [0.3, 0.4) is 0 Å². The lowest BCUT2D eigenvalue weighted by atomic mass is 10.0. The highest BCUT2D eigenvalue weighted by atomic mass is 35.5. The van der Waals surface area contributed by atoms with Gasteiger partial charge in [-0.05, 0) is 44.0 Å². The molecule has 2 aromatic heterocycles. The average molecular weight is 607 g/mol. The lowest BCUT2D eigenvalue weighted by Crippen LogP contribution is -2.50. The molecule has 5 rings (SSSR count). The van der Waals surface area contributed by atoms with Crippen molar-refractivity contribution in [3.63, 3.8) is 0 Å². The number of anilines is 1. The number of carbonyl (C=O) groups excluding carboxylic acids is 3. The minimum Gasteiger partial charge on any atom is -0.339 e. The molecule has 3 amide bonds. The number of amides is 3. The van der Waals surface area contributed by atoms with Gasteiger partial charge in [0.2, 0.25) is 5.91 Å². The molecule has 42 heavy (non-hydrogen) atoms. The molecule has 1 aliphatic heterocycles. The summed E-state index contributed by atoms with van der Waals surface area (Å²) in [5, 5.41) is 8.80. The van der Waals surface area contributed by atoms with Crippen molar-refractivity contribution < 1.29 is 27.6 Å². The molecule has 1 saturated heterocycles. The number of carbonyl (C=O) groups is 3. The van der Waals surface area contributed by atoms with E-state index < -0.39 is 17.8 Å². The minimum atomic E-state index is -4.61. The maximum absolute atomic E-state index is 13.5. The molecule has 0 bridgehead atoms. The zero-order valence-corrected chi connectivity index (χ0v) is 23.3. The van der Waals surface area contributed by atoms with Gasteiger partial charge in [-0.25, -0.2) is 4.98 Å². The molecule has 5 N–H and O–H groups in total. The predicted molar refractivity (Wildman–Crippen MR) is 147 cm³/mol. The second-order valence-electron chi connectivity index (χ2n) is 10.4. The van der Waals surface area contributed by atoms with E-state index in [1.807, 2.05) is 0 Å². The van der Waals surface area contributed by atoms with Gasteiger partial charge in [0.1, 0.15) is 0 Å². The Hall–Kier alpha value is -3.91. The Morgan fingerprint density at radius 2 is 1.83 bits per heavy atom. The van der Waals surface area contributed by atoms with Crippen molar-refractivity contribution in [2.45, 2.75) is 44.2 Å². The monoisotopic (exact) mass is 606 g/mol. The summed E-state index contributed by atoms with van der Waals surface area (Å²) in [5.74, 6) is -0.965. The van der Waals surface area contributed by atoms with E-state index in [-0.39, 0.29) is 46.1 Å². The van der Waals surface area contributed by atoms with Crippen molar-refractivity contribution in [2.75, 3.05) is 38.0 Å². The first-order chi connectivity index (χ1) is 20.0. The molecule has 224 valence electrons. The maximum Gasteiger partial charge on any atom is 0.435 e. The van der Waals surface area contributed by atoms with Gasteiger partial charge < -0.3 is 25.8 Å². The number of aromatic amines is 2. The first-order valence-electron chi connectivity index (χ1n) is 13.6. The lowest BCUT2D eigenvalue weighted by Gasteiger charge is -2.35. The third kappa shape index (κ3) is 6.59. The molecule has 0 unspecified atom stereocenters. The van der Waals surface area contributed by atoms with Crippen molar-refractivity contribution in [2.24, 2.45) is 5.73 Å². The van der Waals surface area contributed by atoms with E-state index in [1.54, 1.807) is 9.80 Å². The van der Waals surface area contributed by atoms with Crippen molar-refractivity contribution >= 4 is 35.0 Å². The number of hydrogen-bond acceptors (Lipinski definition) is 6. The number of imidazole rings is 1. The summed E-state index contributed by atoms with van der Waals surface area (Å²) in [4.78, 5) is 48.2. The number of benzene rings is 1. The van der Waals surface area contributed by atoms with Gasteiger partial charge in [-0.1, -0.05) is 11.6 Å². The SMILES string of the molecule is NCCCC(=O)N1CCN(C(=O)c2ccc(NC(=O)c3ncc(Cc4c(C(F)(F)F)n[nH]c4C4CC4)[nH]3)cc2Cl)CC1. The molecule has 1 aliphatic carbocycles. The molecule has 3 aromatic rings. The Kier molecular flexibility index (Phi) is 8.55. The standard InChI is InChI=1S/C27H30ClF3N8O3/c28-20-13-16(5-6-18(20)26(42)39-10-8-38(9-11-39)21(40)2-1-7-32)35-25(41)24-33-14-17(34-24)12-19-22(15-3-4-15)36-37-23(19)27(29,30)31/h5-6,13-15H,1-4,7-12,32H2,(H,33,34)(H,35,41)(H,36,37). The number of piperazine rings is 1. The molecule has 2 fully saturated rings. The van der Waals surface area contributed by atoms with Crippen LogP contribution in [0.5, 0.6) is 0 Å². The van der Waals surface area contributed by atoms with Crippen molar-refractivity contribution in [3.8, 4) is 0 Å². The van der Waals surface area contributed by atoms with Gasteiger partial charge in [-0.15, -0.1) is 0 Å². The van der Waals surface area contributed by atoms with Crippen molar-refractivity contribution in [1.29, 1.82) is 0 Å². The van der Waals surface area contributed by atoms with E-state index in [9.17, 15) is 27.6 Å². The second-order valence-corrected chi connectivity index (χ2v) is 10.8. The van der Waals surface area contributed by atoms with Crippen LogP contribution in [0, 0.1) is 0 Å². The molecule has 1 aromatic carbocycles. The molecule has 2 aliphatic rings. The van der Waals surface area contributed by atoms with Gasteiger partial charge in [0.05, 0.1) is 10.6 Å². The summed E-state index contributed by atoms with van der Waals surface area (Å²) in [7, 11) is 0. The predicted octanol–water partition coefficient (Wildman–Crippen LogP) is 3.55. The van der Waals surface area contributed by atoms with Crippen LogP contribution in [0.1, 0.15) is 75.2 Å². The molecular formula is C27H30ClF3N8O3. The van der Waals surface area contributed by atoms with E-state index in [0.29, 0.717) is 62.6 Å². The topological polar surface area (TPSA) is 153 Å². The lowest BCUT2D eigenvalue weighted by molar-refractivity contribution is -0.141. The minimum absolute atomic E-state index is 0.0184. The Labute approximate surface area is 244 Å². The highest BCUT2D eigenvalue weighted by Gasteiger charge is 2.40. The van der Waals surface area contributed by atoms with Gasteiger partial charge in [0, 0.05) is 73.8 Å². The van der Waals surface area contributed by atoms with Crippen LogP contribution in [0.15, 0.2) is 24.4 Å². The zero-order valence-electron chi connectivity index (χ0n) is 22.6. The van der Waals surface area contributed by atoms with Crippen LogP contribution in [0.4, 0.5) is 18.9 Å². The summed E-state index contributed by atoms with van der Waals surface area (Å²) in [6.07, 6.45) is -0.813. The largest absolute Gasteiger partial charge is 0.435 e. The van der Waals surface area contributed by atoms with E-state index in [0.717, 1.165) is 12.8 Å². The summed E-state index contributed by atoms with van der Waals surface area (Å²) in [6, 6.07) is 4.46. The van der Waals surface area contributed by atoms with Gasteiger partial charge in [-0.3, -0.25) is 19.5 Å². The number of hydrogen-bond donors (Lipinski definition) is 4. The van der Waals surface area contributed by atoms with Crippen LogP contribution in [-0.4, -0.2) is 80.4 Å². The van der Waals surface area contributed by atoms with Crippen LogP contribution in [0.2, 0.25) is 5.02 Å². The third-order valence-electron chi connectivity index (χ3n) is 7.34. The van der Waals surface area contributed by atoms with Gasteiger partial charge in [-0.2, -0.15) is 18.3 Å². The highest BCUT2D eigenvalue weighted by molar-refractivity contribution is 6.34. The zero-order chi connectivity index (χ0) is 30.0. The number of nitrogens with one attached hydrogen (secondary N) is 3. The quantitative estimate of drug-likeness (QED) is 0.292. The van der Waals surface area contributed by atoms with E-state index in [2.05, 4.69) is 25.5 Å². The summed E-state index contributed by atoms with van der Waals surface area (Å²) in [6.45, 7) is 2.03. The molecular weight excluding hydrogens is 577 g/mol. The normalized spacial score (nSPS) is 15.6. The summed E-state index contributed by atoms with van der Waals surface area (Å²) < 4.78 is 40.5. The number of halogens is 4. The van der Waals surface area contributed by atoms with E-state index in [1.165, 1.54) is 24.4 Å². The van der Waals surface area contributed by atoms with Crippen LogP contribution < -0.4 is 11.1 Å². The molecule has 15 heteroatoms. The Balaban J connectivity index is 1.20. The van der Waals surface area contributed by atoms with E-state index >= 15 is 0 Å². The third-order valence-corrected chi connectivity index (χ3v) is 7.65. The maximum atomic E-state index is 13.5. The fourth-order valence-electron chi connectivity index (χ4n) is 4.95. The number of H-pyrrole nitrogens is 2. The average Bonchev–Trinajstić information content (AvgIpc) is 3.53.